The molecule has 2 heterocycles. The van der Waals surface area contributed by atoms with Gasteiger partial charge in [-0.1, -0.05) is 23.2 Å². The highest BCUT2D eigenvalue weighted by atomic mass is 35.5. The van der Waals surface area contributed by atoms with E-state index in [1.807, 2.05) is 0 Å². The maximum atomic E-state index is 11.6. The van der Waals surface area contributed by atoms with Crippen molar-refractivity contribution in [2.45, 2.75) is 5.88 Å². The molecule has 0 radical (unpaired) electrons. The molecule has 0 aliphatic rings. The lowest BCUT2D eigenvalue weighted by Crippen LogP contribution is -2.16. The molecule has 0 amide bonds. The predicted molar refractivity (Wildman–Crippen MR) is 55.4 cm³/mol. The third-order valence-corrected chi connectivity index (χ3v) is 2.69. The van der Waals surface area contributed by atoms with Gasteiger partial charge in [0.05, 0.1) is 17.8 Å². The van der Waals surface area contributed by atoms with Crippen molar-refractivity contribution >= 4 is 40.6 Å². The third-order valence-electron chi connectivity index (χ3n) is 1.77. The van der Waals surface area contributed by atoms with Gasteiger partial charge in [0.25, 0.3) is 5.56 Å². The summed E-state index contributed by atoms with van der Waals surface area (Å²) in [7, 11) is 0. The fraction of sp³-hybridized carbons (Fsp3) is 0.143. The molecule has 0 fully saturated rings. The number of rotatable bonds is 1. The molecule has 0 spiro atoms. The summed E-state index contributed by atoms with van der Waals surface area (Å²) in [5.74, 6) is 0.453. The second-order valence-electron chi connectivity index (χ2n) is 2.60. The monoisotopic (exact) mass is 251 g/mol. The number of nitrogens with one attached hydrogen (secondary N) is 1. The van der Waals surface area contributed by atoms with Crippen LogP contribution in [0.2, 0.25) is 10.2 Å². The molecule has 4 nitrogen and oxygen atoms in total. The van der Waals surface area contributed by atoms with Gasteiger partial charge in [0.15, 0.2) is 0 Å². The molecule has 7 heteroatoms. The van der Waals surface area contributed by atoms with Crippen LogP contribution in [0.1, 0.15) is 5.69 Å². The quantitative estimate of drug-likeness (QED) is 0.790. The average molecular weight is 252 g/mol. The van der Waals surface area contributed by atoms with Crippen LogP contribution >= 0.6 is 34.8 Å². The van der Waals surface area contributed by atoms with Crippen LogP contribution in [-0.2, 0) is 5.88 Å². The van der Waals surface area contributed by atoms with E-state index in [0.29, 0.717) is 11.5 Å². The van der Waals surface area contributed by atoms with E-state index in [-0.39, 0.29) is 16.1 Å². The van der Waals surface area contributed by atoms with E-state index >= 15 is 0 Å². The predicted octanol–water partition coefficient (Wildman–Crippen LogP) is 2.07. The number of fused-ring (bicyclic) bond motifs is 1. The lowest BCUT2D eigenvalue weighted by molar-refractivity contribution is 1.02. The summed E-state index contributed by atoms with van der Waals surface area (Å²) in [6.07, 6.45) is 1.36. The van der Waals surface area contributed by atoms with Crippen LogP contribution in [-0.4, -0.2) is 14.4 Å². The number of aromatic nitrogens is 3. The topological polar surface area (TPSA) is 50.2 Å². The fourth-order valence-corrected chi connectivity index (χ4v) is 1.79. The van der Waals surface area contributed by atoms with E-state index in [2.05, 4.69) is 9.97 Å². The van der Waals surface area contributed by atoms with E-state index in [1.54, 1.807) is 0 Å². The lowest BCUT2D eigenvalue weighted by atomic mass is 10.4. The molecule has 0 saturated carbocycles. The Bertz CT molecular complexity index is 545. The maximum absolute atomic E-state index is 11.6. The number of nitrogens with zero attached hydrogens (tertiary/aromatic N) is 2. The molecular weight excluding hydrogens is 248 g/mol. The van der Waals surface area contributed by atoms with Crippen molar-refractivity contribution < 1.29 is 0 Å². The Morgan fingerprint density at radius 3 is 2.86 bits per heavy atom. The van der Waals surface area contributed by atoms with Gasteiger partial charge in [-0.15, -0.1) is 11.6 Å². The van der Waals surface area contributed by atoms with Gasteiger partial charge in [-0.3, -0.25) is 4.79 Å². The van der Waals surface area contributed by atoms with Crippen molar-refractivity contribution in [3.8, 4) is 0 Å². The Labute approximate surface area is 93.4 Å². The van der Waals surface area contributed by atoms with Gasteiger partial charge < -0.3 is 4.98 Å². The second kappa shape index (κ2) is 3.46. The highest BCUT2D eigenvalue weighted by Crippen LogP contribution is 2.14. The Hall–Kier alpha value is -0.710. The zero-order valence-corrected chi connectivity index (χ0v) is 8.99. The first-order chi connectivity index (χ1) is 6.65. The van der Waals surface area contributed by atoms with E-state index < -0.39 is 5.56 Å². The average Bonchev–Trinajstić information content (AvgIpc) is 2.54. The van der Waals surface area contributed by atoms with E-state index in [1.165, 1.54) is 10.6 Å². The van der Waals surface area contributed by atoms with Crippen LogP contribution in [0.25, 0.3) is 5.78 Å². The highest BCUT2D eigenvalue weighted by molar-refractivity contribution is 6.32. The zero-order valence-electron chi connectivity index (χ0n) is 6.72. The number of halogens is 3. The Kier molecular flexibility index (Phi) is 2.43. The van der Waals surface area contributed by atoms with Crippen molar-refractivity contribution in [1.29, 1.82) is 0 Å². The first kappa shape index (κ1) is 9.83. The van der Waals surface area contributed by atoms with Crippen LogP contribution in [0, 0.1) is 0 Å². The highest BCUT2D eigenvalue weighted by Gasteiger charge is 2.11. The largest absolute Gasteiger partial charge is 0.326 e. The number of aromatic amines is 1. The van der Waals surface area contributed by atoms with Crippen molar-refractivity contribution in [2.75, 3.05) is 0 Å². The smallest absolute Gasteiger partial charge is 0.279 e. The summed E-state index contributed by atoms with van der Waals surface area (Å²) in [6.45, 7) is 0. The number of hydrogen-bond donors (Lipinski definition) is 1. The van der Waals surface area contributed by atoms with Crippen molar-refractivity contribution in [3.63, 3.8) is 0 Å². The minimum Gasteiger partial charge on any atom is -0.326 e. The normalized spacial score (nSPS) is 11.1. The van der Waals surface area contributed by atoms with Crippen molar-refractivity contribution in [2.24, 2.45) is 0 Å². The number of imidazole rings is 1. The summed E-state index contributed by atoms with van der Waals surface area (Å²) in [6, 6.07) is 0. The van der Waals surface area contributed by atoms with E-state index in [9.17, 15) is 4.79 Å². The number of hydrogen-bond acceptors (Lipinski definition) is 2. The number of H-pyrrole nitrogens is 1. The van der Waals surface area contributed by atoms with Gasteiger partial charge >= 0.3 is 0 Å². The fourth-order valence-electron chi connectivity index (χ4n) is 1.12. The molecule has 0 unspecified atom stereocenters. The van der Waals surface area contributed by atoms with Crippen LogP contribution in [0.4, 0.5) is 0 Å². The molecule has 0 aliphatic carbocycles. The molecular formula is C7H4Cl3N3O. The van der Waals surface area contributed by atoms with Gasteiger partial charge in [0, 0.05) is 0 Å². The van der Waals surface area contributed by atoms with Crippen molar-refractivity contribution in [3.05, 3.63) is 32.4 Å². The maximum Gasteiger partial charge on any atom is 0.279 e. The Morgan fingerprint density at radius 2 is 2.21 bits per heavy atom. The van der Waals surface area contributed by atoms with Gasteiger partial charge in [-0.05, 0) is 0 Å². The van der Waals surface area contributed by atoms with Gasteiger partial charge in [-0.2, -0.15) is 0 Å². The molecule has 2 aromatic rings. The third kappa shape index (κ3) is 1.30. The molecule has 0 saturated heterocycles. The van der Waals surface area contributed by atoms with Crippen LogP contribution in [0.3, 0.4) is 0 Å². The zero-order chi connectivity index (χ0) is 10.3. The summed E-state index contributed by atoms with van der Waals surface area (Å²) in [5, 5.41) is 0.247. The van der Waals surface area contributed by atoms with Gasteiger partial charge in [0.2, 0.25) is 5.78 Å². The Morgan fingerprint density at radius 1 is 1.50 bits per heavy atom. The standard InChI is InChI=1S/C7H4Cl3N3O/c8-1-3-5(10)6(14)13-4(9)2-11-7(13)12-3/h2H,1H2,(H,11,12). The van der Waals surface area contributed by atoms with Crippen LogP contribution in [0.5, 0.6) is 0 Å². The van der Waals surface area contributed by atoms with E-state index in [4.69, 9.17) is 34.8 Å². The molecule has 1 N–H and O–H groups in total. The summed E-state index contributed by atoms with van der Waals surface area (Å²) < 4.78 is 1.18. The van der Waals surface area contributed by atoms with Crippen LogP contribution in [0.15, 0.2) is 11.0 Å². The lowest BCUT2D eigenvalue weighted by Gasteiger charge is -2.01. The summed E-state index contributed by atoms with van der Waals surface area (Å²) in [5.41, 5.74) is 0.0201. The Balaban J connectivity index is 2.95. The molecule has 14 heavy (non-hydrogen) atoms. The van der Waals surface area contributed by atoms with Crippen molar-refractivity contribution in [1.82, 2.24) is 14.4 Å². The summed E-state index contributed by atoms with van der Waals surface area (Å²) in [4.78, 5) is 18.3. The first-order valence-electron chi connectivity index (χ1n) is 3.64. The molecule has 0 atom stereocenters. The minimum absolute atomic E-state index is 0.0346. The van der Waals surface area contributed by atoms with Crippen LogP contribution < -0.4 is 5.56 Å². The molecule has 74 valence electrons. The summed E-state index contributed by atoms with van der Waals surface area (Å²) >= 11 is 17.1. The SMILES string of the molecule is O=c1c(Cl)c(CCl)[nH]c2ncc(Cl)n12. The molecule has 0 aromatic carbocycles. The van der Waals surface area contributed by atoms with Gasteiger partial charge in [0.1, 0.15) is 10.2 Å². The number of alkyl halides is 1. The van der Waals surface area contributed by atoms with E-state index in [0.717, 1.165) is 0 Å². The molecule has 2 rings (SSSR count). The molecule has 0 aliphatic heterocycles. The van der Waals surface area contributed by atoms with Gasteiger partial charge in [-0.25, -0.2) is 9.38 Å². The molecule has 2 aromatic heterocycles. The second-order valence-corrected chi connectivity index (χ2v) is 3.63. The molecule has 0 bridgehead atoms. The minimum atomic E-state index is -0.418. The first-order valence-corrected chi connectivity index (χ1v) is 4.93.